The lowest BCUT2D eigenvalue weighted by Crippen LogP contribution is -2.71. The van der Waals surface area contributed by atoms with Gasteiger partial charge in [0, 0.05) is 22.8 Å². The second kappa shape index (κ2) is 10.0. The van der Waals surface area contributed by atoms with Crippen molar-refractivity contribution >= 4 is 63.5 Å². The lowest BCUT2D eigenvalue weighted by atomic mass is 10.0. The number of amides is 2. The lowest BCUT2D eigenvalue weighted by Gasteiger charge is -2.49. The smallest absolute Gasteiger partial charge is 0.352 e. The van der Waals surface area contributed by atoms with E-state index in [4.69, 9.17) is 10.6 Å². The fourth-order valence-electron chi connectivity index (χ4n) is 3.64. The molecular formula is C20H21N6O5S3+. The van der Waals surface area contributed by atoms with E-state index in [-0.39, 0.29) is 22.2 Å². The van der Waals surface area contributed by atoms with Crippen LogP contribution in [0.2, 0.25) is 0 Å². The number of thiazole rings is 1. The molecule has 34 heavy (non-hydrogen) atoms. The van der Waals surface area contributed by atoms with E-state index >= 15 is 0 Å². The van der Waals surface area contributed by atoms with Crippen molar-refractivity contribution < 1.29 is 28.9 Å². The molecule has 2 atom stereocenters. The monoisotopic (exact) mass is 521 g/mol. The predicted molar refractivity (Wildman–Crippen MR) is 128 cm³/mol. The molecular weight excluding hydrogens is 500 g/mol. The van der Waals surface area contributed by atoms with Crippen LogP contribution in [-0.2, 0) is 25.8 Å². The number of nitrogens with zero attached hydrogens (tertiary/aromatic N) is 4. The van der Waals surface area contributed by atoms with Crippen LogP contribution in [0.4, 0.5) is 5.13 Å². The first-order valence-electron chi connectivity index (χ1n) is 9.90. The zero-order chi connectivity index (χ0) is 24.4. The molecule has 0 radical (unpaired) electrons. The number of aromatic nitrogens is 2. The maximum absolute atomic E-state index is 13.0. The molecule has 1 fully saturated rings. The molecule has 4 heterocycles. The van der Waals surface area contributed by atoms with Gasteiger partial charge < -0.3 is 21.0 Å². The van der Waals surface area contributed by atoms with Crippen molar-refractivity contribution in [1.82, 2.24) is 15.2 Å². The van der Waals surface area contributed by atoms with Crippen LogP contribution >= 0.6 is 34.9 Å². The molecule has 4 N–H and O–H groups in total. The molecule has 14 heteroatoms. The minimum Gasteiger partial charge on any atom is -0.477 e. The van der Waals surface area contributed by atoms with E-state index < -0.39 is 29.2 Å². The molecule has 0 aliphatic carbocycles. The van der Waals surface area contributed by atoms with E-state index in [1.165, 1.54) is 23.8 Å². The molecule has 0 spiro atoms. The first-order chi connectivity index (χ1) is 16.3. The summed E-state index contributed by atoms with van der Waals surface area (Å²) in [7, 11) is 1.29. The largest absolute Gasteiger partial charge is 0.477 e. The highest BCUT2D eigenvalue weighted by Crippen LogP contribution is 2.40. The van der Waals surface area contributed by atoms with Crippen molar-refractivity contribution in [3.8, 4) is 0 Å². The average molecular weight is 522 g/mol. The van der Waals surface area contributed by atoms with Crippen LogP contribution in [0.1, 0.15) is 5.69 Å². The predicted octanol–water partition coefficient (Wildman–Crippen LogP) is 0.524. The van der Waals surface area contributed by atoms with Crippen molar-refractivity contribution in [2.45, 2.75) is 22.9 Å². The number of hydrogen-bond acceptors (Lipinski definition) is 10. The minimum atomic E-state index is -1.18. The van der Waals surface area contributed by atoms with Gasteiger partial charge in [-0.05, 0) is 12.3 Å². The molecule has 4 rings (SSSR count). The van der Waals surface area contributed by atoms with E-state index in [0.717, 1.165) is 16.2 Å². The number of aliphatic carboxylic acids is 1. The van der Waals surface area contributed by atoms with Crippen LogP contribution in [0, 0.1) is 0 Å². The molecule has 2 aliphatic heterocycles. The Hall–Kier alpha value is -3.10. The Labute approximate surface area is 207 Å². The zero-order valence-electron chi connectivity index (χ0n) is 18.1. The SMILES string of the molecule is CO/N=C(\C(=O)N[C@@H]1C(=O)N2C(C(=O)O)=C(C[n+]3cccc(SC)c3)CS[C@H]12)c1csc(N)n1. The Morgan fingerprint density at radius 2 is 2.29 bits per heavy atom. The number of oxime groups is 1. The van der Waals surface area contributed by atoms with Gasteiger partial charge in [0.2, 0.25) is 0 Å². The van der Waals surface area contributed by atoms with Crippen LogP contribution in [0.25, 0.3) is 0 Å². The fourth-order valence-corrected chi connectivity index (χ4v) is 5.98. The summed E-state index contributed by atoms with van der Waals surface area (Å²) in [5.74, 6) is -1.94. The van der Waals surface area contributed by atoms with Gasteiger partial charge >= 0.3 is 5.97 Å². The third-order valence-corrected chi connectivity index (χ3v) is 7.87. The molecule has 2 amide bonds. The van der Waals surface area contributed by atoms with Gasteiger partial charge in [0.25, 0.3) is 11.8 Å². The van der Waals surface area contributed by atoms with Crippen molar-refractivity contribution in [2.75, 3.05) is 24.9 Å². The number of β-lactam (4-membered cyclic amide) rings is 1. The molecule has 2 aliphatic rings. The number of hydrogen-bond donors (Lipinski definition) is 3. The molecule has 2 aromatic heterocycles. The Morgan fingerprint density at radius 3 is 2.94 bits per heavy atom. The summed E-state index contributed by atoms with van der Waals surface area (Å²) >= 11 is 4.12. The van der Waals surface area contributed by atoms with Crippen molar-refractivity contribution in [1.29, 1.82) is 0 Å². The van der Waals surface area contributed by atoms with Crippen LogP contribution in [0.3, 0.4) is 0 Å². The summed E-state index contributed by atoms with van der Waals surface area (Å²) in [5, 5.41) is 17.5. The van der Waals surface area contributed by atoms with Crippen LogP contribution in [-0.4, -0.2) is 69.0 Å². The average Bonchev–Trinajstić information content (AvgIpc) is 3.26. The number of nitrogens with one attached hydrogen (secondary N) is 1. The number of pyridine rings is 1. The molecule has 0 bridgehead atoms. The lowest BCUT2D eigenvalue weighted by molar-refractivity contribution is -0.690. The Balaban J connectivity index is 1.53. The van der Waals surface area contributed by atoms with Gasteiger partial charge in [0.1, 0.15) is 29.9 Å². The van der Waals surface area contributed by atoms with E-state index in [1.807, 2.05) is 35.3 Å². The van der Waals surface area contributed by atoms with Gasteiger partial charge in [-0.3, -0.25) is 14.5 Å². The summed E-state index contributed by atoms with van der Waals surface area (Å²) in [5.41, 5.74) is 6.32. The van der Waals surface area contributed by atoms with E-state index in [1.54, 1.807) is 17.1 Å². The normalized spacial score (nSPS) is 20.0. The van der Waals surface area contributed by atoms with Crippen LogP contribution in [0.15, 0.2) is 51.2 Å². The number of nitrogen functional groups attached to an aromatic ring is 1. The number of carboxylic acids is 1. The summed E-state index contributed by atoms with van der Waals surface area (Å²) in [6.45, 7) is 0.340. The molecule has 0 unspecified atom stereocenters. The first-order valence-corrected chi connectivity index (χ1v) is 13.1. The number of thioether (sulfide) groups is 2. The van der Waals surface area contributed by atoms with Gasteiger partial charge in [0.05, 0.1) is 4.90 Å². The van der Waals surface area contributed by atoms with Gasteiger partial charge in [-0.2, -0.15) is 4.57 Å². The van der Waals surface area contributed by atoms with Crippen molar-refractivity contribution in [2.24, 2.45) is 5.16 Å². The third-order valence-electron chi connectivity index (χ3n) is 5.14. The van der Waals surface area contributed by atoms with Crippen LogP contribution < -0.4 is 15.6 Å². The summed E-state index contributed by atoms with van der Waals surface area (Å²) in [6, 6.07) is 2.95. The molecule has 2 aromatic rings. The highest BCUT2D eigenvalue weighted by Gasteiger charge is 2.54. The molecule has 11 nitrogen and oxygen atoms in total. The quantitative estimate of drug-likeness (QED) is 0.148. The van der Waals surface area contributed by atoms with E-state index in [0.29, 0.717) is 17.9 Å². The van der Waals surface area contributed by atoms with Crippen LogP contribution in [0.5, 0.6) is 0 Å². The second-order valence-electron chi connectivity index (χ2n) is 7.23. The number of anilines is 1. The molecule has 0 aromatic carbocycles. The maximum atomic E-state index is 13.0. The van der Waals surface area contributed by atoms with Gasteiger partial charge in [0.15, 0.2) is 29.8 Å². The summed E-state index contributed by atoms with van der Waals surface area (Å²) in [6.07, 6.45) is 5.74. The second-order valence-corrected chi connectivity index (χ2v) is 10.1. The molecule has 0 saturated carbocycles. The number of carboxylic acid groups (broad SMARTS) is 1. The highest BCUT2D eigenvalue weighted by atomic mass is 32.2. The maximum Gasteiger partial charge on any atom is 0.352 e. The number of carbonyl (C=O) groups is 3. The van der Waals surface area contributed by atoms with Gasteiger partial charge in [-0.1, -0.05) is 5.16 Å². The topological polar surface area (TPSA) is 151 Å². The number of rotatable bonds is 8. The van der Waals surface area contributed by atoms with Crippen molar-refractivity contribution in [3.63, 3.8) is 0 Å². The summed E-state index contributed by atoms with van der Waals surface area (Å²) < 4.78 is 1.89. The van der Waals surface area contributed by atoms with Gasteiger partial charge in [-0.25, -0.2) is 9.78 Å². The Kier molecular flexibility index (Phi) is 7.09. The van der Waals surface area contributed by atoms with Crippen molar-refractivity contribution in [3.05, 3.63) is 46.9 Å². The highest BCUT2D eigenvalue weighted by molar-refractivity contribution is 8.00. The minimum absolute atomic E-state index is 0.0423. The standard InChI is InChI=1S/C20H20N6O5S3/c1-31-24-13(12-9-34-20(21)22-12)16(27)23-14-17(28)26-15(19(29)30)10(8-33-18(14)26)6-25-5-3-4-11(7-25)32-2/h3-5,7,9,14,18H,6,8H2,1-2H3,(H3-,21,22,23,27,29,30)/p+1/b24-13-/t14-,18-/m1/s1. The van der Waals surface area contributed by atoms with E-state index in [2.05, 4.69) is 15.5 Å². The zero-order valence-corrected chi connectivity index (χ0v) is 20.6. The third kappa shape index (κ3) is 4.60. The Morgan fingerprint density at radius 1 is 1.50 bits per heavy atom. The number of carbonyl (C=O) groups excluding carboxylic acids is 2. The number of nitrogens with two attached hydrogens (primary N) is 1. The number of fused-ring (bicyclic) bond motifs is 1. The first kappa shape index (κ1) is 24.0. The van der Waals surface area contributed by atoms with Gasteiger partial charge in [-0.15, -0.1) is 34.9 Å². The fraction of sp³-hybridized carbons (Fsp3) is 0.300. The Bertz CT molecular complexity index is 1210. The van der Waals surface area contributed by atoms with E-state index in [9.17, 15) is 19.5 Å². The molecule has 1 saturated heterocycles. The summed E-state index contributed by atoms with van der Waals surface area (Å²) in [4.78, 5) is 49.0. The molecule has 178 valence electrons.